The molecular weight excluding hydrogens is 300 g/mol. The number of hydrogen-bond acceptors (Lipinski definition) is 3. The smallest absolute Gasteiger partial charge is 0.221 e. The van der Waals surface area contributed by atoms with Gasteiger partial charge in [-0.2, -0.15) is 0 Å². The molecule has 0 aromatic heterocycles. The van der Waals surface area contributed by atoms with Crippen molar-refractivity contribution in [2.75, 3.05) is 25.9 Å². The Labute approximate surface area is 133 Å². The van der Waals surface area contributed by atoms with Gasteiger partial charge in [0.25, 0.3) is 0 Å². The highest BCUT2D eigenvalue weighted by atomic mass is 32.2. The van der Waals surface area contributed by atoms with Gasteiger partial charge in [-0.05, 0) is 24.8 Å². The number of nitrogens with zero attached hydrogens (tertiary/aromatic N) is 1. The molecule has 0 spiro atoms. The molecule has 6 heteroatoms. The van der Waals surface area contributed by atoms with Gasteiger partial charge in [-0.1, -0.05) is 37.3 Å². The molecule has 0 heterocycles. The zero-order valence-electron chi connectivity index (χ0n) is 13.4. The fraction of sp³-hybridized carbons (Fsp3) is 0.562. The van der Waals surface area contributed by atoms with Crippen molar-refractivity contribution < 1.29 is 13.2 Å². The highest BCUT2D eigenvalue weighted by Gasteiger charge is 2.16. The van der Waals surface area contributed by atoms with Crippen LogP contribution in [0.2, 0.25) is 0 Å². The summed E-state index contributed by atoms with van der Waals surface area (Å²) < 4.78 is 24.4. The van der Waals surface area contributed by atoms with Crippen molar-refractivity contribution in [3.8, 4) is 0 Å². The Bertz CT molecular complexity index is 544. The highest BCUT2D eigenvalue weighted by molar-refractivity contribution is 7.88. The molecule has 0 radical (unpaired) electrons. The van der Waals surface area contributed by atoms with E-state index in [9.17, 15) is 13.2 Å². The van der Waals surface area contributed by atoms with Crippen molar-refractivity contribution in [1.29, 1.82) is 0 Å². The third-order valence-electron chi connectivity index (χ3n) is 3.34. The van der Waals surface area contributed by atoms with Gasteiger partial charge in [0.1, 0.15) is 0 Å². The lowest BCUT2D eigenvalue weighted by Gasteiger charge is -2.18. The molecule has 0 aliphatic heterocycles. The van der Waals surface area contributed by atoms with Crippen LogP contribution in [0.1, 0.15) is 31.7 Å². The van der Waals surface area contributed by atoms with Crippen LogP contribution in [0.5, 0.6) is 0 Å². The number of aryl methyl sites for hydroxylation is 1. The monoisotopic (exact) mass is 326 g/mol. The molecule has 0 saturated heterocycles. The first-order chi connectivity index (χ1) is 10.4. The van der Waals surface area contributed by atoms with E-state index in [2.05, 4.69) is 17.4 Å². The molecule has 0 aliphatic rings. The average molecular weight is 326 g/mol. The number of nitrogens with one attached hydrogen (secondary N) is 1. The molecule has 0 bridgehead atoms. The first-order valence-corrected chi connectivity index (χ1v) is 9.54. The van der Waals surface area contributed by atoms with E-state index in [4.69, 9.17) is 0 Å². The maximum absolute atomic E-state index is 11.8. The third-order valence-corrected chi connectivity index (χ3v) is 4.64. The zero-order valence-corrected chi connectivity index (χ0v) is 14.2. The maximum atomic E-state index is 11.8. The second kappa shape index (κ2) is 9.58. The highest BCUT2D eigenvalue weighted by Crippen LogP contribution is 2.03. The summed E-state index contributed by atoms with van der Waals surface area (Å²) >= 11 is 0. The molecule has 22 heavy (non-hydrogen) atoms. The van der Waals surface area contributed by atoms with E-state index in [1.54, 1.807) is 0 Å². The molecule has 1 aromatic rings. The lowest BCUT2D eigenvalue weighted by Crippen LogP contribution is -2.35. The van der Waals surface area contributed by atoms with Gasteiger partial charge in [0.05, 0.1) is 6.26 Å². The summed E-state index contributed by atoms with van der Waals surface area (Å²) in [6.07, 6.45) is 3.93. The maximum Gasteiger partial charge on any atom is 0.221 e. The Balaban J connectivity index is 2.23. The van der Waals surface area contributed by atoms with Crippen LogP contribution < -0.4 is 5.32 Å². The zero-order chi connectivity index (χ0) is 16.4. The summed E-state index contributed by atoms with van der Waals surface area (Å²) in [4.78, 5) is 11.8. The van der Waals surface area contributed by atoms with E-state index >= 15 is 0 Å². The lowest BCUT2D eigenvalue weighted by atomic mass is 10.1. The Hall–Kier alpha value is -1.40. The van der Waals surface area contributed by atoms with Crippen LogP contribution in [-0.2, 0) is 21.2 Å². The van der Waals surface area contributed by atoms with Gasteiger partial charge in [0, 0.05) is 26.1 Å². The molecule has 0 saturated carbocycles. The molecule has 0 aliphatic carbocycles. The largest absolute Gasteiger partial charge is 0.356 e. The van der Waals surface area contributed by atoms with E-state index in [-0.39, 0.29) is 18.9 Å². The van der Waals surface area contributed by atoms with Crippen LogP contribution in [0.15, 0.2) is 30.3 Å². The van der Waals surface area contributed by atoms with Crippen molar-refractivity contribution in [2.24, 2.45) is 0 Å². The second-order valence-corrected chi connectivity index (χ2v) is 7.33. The molecule has 1 rings (SSSR count). The third kappa shape index (κ3) is 7.56. The van der Waals surface area contributed by atoms with Crippen LogP contribution in [0.4, 0.5) is 0 Å². The predicted molar refractivity (Wildman–Crippen MR) is 89.1 cm³/mol. The summed E-state index contributed by atoms with van der Waals surface area (Å²) in [7, 11) is -3.23. The van der Waals surface area contributed by atoms with Gasteiger partial charge >= 0.3 is 0 Å². The van der Waals surface area contributed by atoms with E-state index in [0.29, 0.717) is 13.1 Å². The fourth-order valence-electron chi connectivity index (χ4n) is 2.17. The van der Waals surface area contributed by atoms with Gasteiger partial charge in [-0.15, -0.1) is 0 Å². The van der Waals surface area contributed by atoms with Crippen molar-refractivity contribution in [3.05, 3.63) is 35.9 Å². The topological polar surface area (TPSA) is 66.5 Å². The predicted octanol–water partition coefficient (Wildman–Crippen LogP) is 1.80. The minimum absolute atomic E-state index is 0.0992. The Morgan fingerprint density at radius 2 is 1.86 bits per heavy atom. The van der Waals surface area contributed by atoms with Crippen molar-refractivity contribution in [1.82, 2.24) is 9.62 Å². The number of carbonyl (C=O) groups is 1. The van der Waals surface area contributed by atoms with Crippen LogP contribution in [0.25, 0.3) is 0 Å². The summed E-state index contributed by atoms with van der Waals surface area (Å²) in [5.41, 5.74) is 1.25. The molecular formula is C16H26N2O3S. The van der Waals surface area contributed by atoms with Crippen LogP contribution in [0.3, 0.4) is 0 Å². The number of benzene rings is 1. The summed E-state index contributed by atoms with van der Waals surface area (Å²) in [5, 5.41) is 2.84. The van der Waals surface area contributed by atoms with Gasteiger partial charge in [0.2, 0.25) is 15.9 Å². The minimum Gasteiger partial charge on any atom is -0.356 e. The van der Waals surface area contributed by atoms with Gasteiger partial charge in [-0.25, -0.2) is 12.7 Å². The first-order valence-electron chi connectivity index (χ1n) is 7.69. The van der Waals surface area contributed by atoms with Crippen LogP contribution in [0, 0.1) is 0 Å². The van der Waals surface area contributed by atoms with E-state index < -0.39 is 10.0 Å². The molecule has 0 atom stereocenters. The summed E-state index contributed by atoms with van der Waals surface area (Å²) in [6.45, 7) is 3.24. The Morgan fingerprint density at radius 3 is 2.45 bits per heavy atom. The molecule has 124 valence electrons. The average Bonchev–Trinajstić information content (AvgIpc) is 2.48. The molecule has 1 N–H and O–H groups in total. The summed E-state index contributed by atoms with van der Waals surface area (Å²) in [6, 6.07) is 10.1. The fourth-order valence-corrected chi connectivity index (χ4v) is 3.11. The lowest BCUT2D eigenvalue weighted by molar-refractivity contribution is -0.121. The number of rotatable bonds is 10. The van der Waals surface area contributed by atoms with E-state index in [0.717, 1.165) is 19.3 Å². The standard InChI is InChI=1S/C16H26N2O3S/c1-3-13-18(22(2,20)21)14-11-16(19)17-12-7-10-15-8-5-4-6-9-15/h4-6,8-9H,3,7,10-14H2,1-2H3,(H,17,19). The van der Waals surface area contributed by atoms with Crippen LogP contribution in [-0.4, -0.2) is 44.5 Å². The molecule has 0 fully saturated rings. The molecule has 1 aromatic carbocycles. The Morgan fingerprint density at radius 1 is 1.18 bits per heavy atom. The van der Waals surface area contributed by atoms with Gasteiger partial charge in [0.15, 0.2) is 0 Å². The quantitative estimate of drug-likeness (QED) is 0.667. The number of carbonyl (C=O) groups excluding carboxylic acids is 1. The SMILES string of the molecule is CCCN(CCC(=O)NCCCc1ccccc1)S(C)(=O)=O. The summed E-state index contributed by atoms with van der Waals surface area (Å²) in [5.74, 6) is -0.0992. The normalized spacial score (nSPS) is 11.6. The van der Waals surface area contributed by atoms with Crippen molar-refractivity contribution in [3.63, 3.8) is 0 Å². The van der Waals surface area contributed by atoms with E-state index in [1.165, 1.54) is 16.1 Å². The molecule has 0 unspecified atom stereocenters. The minimum atomic E-state index is -3.23. The first kappa shape index (κ1) is 18.6. The van der Waals surface area contributed by atoms with Crippen molar-refractivity contribution in [2.45, 2.75) is 32.6 Å². The van der Waals surface area contributed by atoms with Gasteiger partial charge < -0.3 is 5.32 Å². The van der Waals surface area contributed by atoms with E-state index in [1.807, 2.05) is 25.1 Å². The number of amides is 1. The molecule has 5 nitrogen and oxygen atoms in total. The second-order valence-electron chi connectivity index (χ2n) is 5.35. The van der Waals surface area contributed by atoms with Crippen LogP contribution >= 0.6 is 0 Å². The number of hydrogen-bond donors (Lipinski definition) is 1. The van der Waals surface area contributed by atoms with Gasteiger partial charge in [-0.3, -0.25) is 4.79 Å². The molecule has 1 amide bonds. The van der Waals surface area contributed by atoms with Crippen molar-refractivity contribution >= 4 is 15.9 Å². The number of sulfonamides is 1. The Kier molecular flexibility index (Phi) is 8.12.